The third kappa shape index (κ3) is 2.61. The molecule has 0 amide bonds. The van der Waals surface area contributed by atoms with Crippen molar-refractivity contribution in [2.24, 2.45) is 5.92 Å². The van der Waals surface area contributed by atoms with Gasteiger partial charge in [-0.15, -0.1) is 5.10 Å². The van der Waals surface area contributed by atoms with Crippen LogP contribution in [0, 0.1) is 31.1 Å². The molecule has 1 N–H and O–H groups in total. The Morgan fingerprint density at radius 1 is 1.17 bits per heavy atom. The van der Waals surface area contributed by atoms with E-state index in [0.29, 0.717) is 17.4 Å². The summed E-state index contributed by atoms with van der Waals surface area (Å²) in [4.78, 5) is 0. The van der Waals surface area contributed by atoms with Crippen LogP contribution < -0.4 is 5.32 Å². The third-order valence-electron chi connectivity index (χ3n) is 3.92. The monoisotopic (exact) mass is 244 g/mol. The zero-order valence-electron chi connectivity index (χ0n) is 11.3. The van der Waals surface area contributed by atoms with Crippen molar-refractivity contribution in [2.75, 3.05) is 5.32 Å². The number of nitrogens with one attached hydrogen (secondary N) is 1. The van der Waals surface area contributed by atoms with Gasteiger partial charge in [0.25, 0.3) is 0 Å². The Morgan fingerprint density at radius 3 is 2.44 bits per heavy atom. The lowest BCUT2D eigenvalue weighted by Crippen LogP contribution is -2.26. The lowest BCUT2D eigenvalue weighted by atomic mass is 9.87. The van der Waals surface area contributed by atoms with E-state index >= 15 is 0 Å². The second-order valence-electron chi connectivity index (χ2n) is 5.35. The molecule has 0 spiro atoms. The molecule has 1 aliphatic carbocycles. The molecule has 0 radical (unpaired) electrons. The average molecular weight is 244 g/mol. The molecule has 4 heteroatoms. The van der Waals surface area contributed by atoms with E-state index in [1.807, 2.05) is 13.8 Å². The predicted octanol–water partition coefficient (Wildman–Crippen LogP) is 2.96. The van der Waals surface area contributed by atoms with Gasteiger partial charge < -0.3 is 5.32 Å². The smallest absolute Gasteiger partial charge is 0.167 e. The first-order valence-electron chi connectivity index (χ1n) is 6.62. The van der Waals surface area contributed by atoms with Crippen LogP contribution >= 0.6 is 0 Å². The van der Waals surface area contributed by atoms with Crippen molar-refractivity contribution in [3.05, 3.63) is 16.8 Å². The van der Waals surface area contributed by atoms with E-state index in [-0.39, 0.29) is 0 Å². The topological polar surface area (TPSA) is 61.6 Å². The highest BCUT2D eigenvalue weighted by molar-refractivity contribution is 5.56. The molecular weight excluding hydrogens is 224 g/mol. The number of nitriles is 1. The van der Waals surface area contributed by atoms with Gasteiger partial charge in [0.15, 0.2) is 5.82 Å². The second kappa shape index (κ2) is 5.34. The van der Waals surface area contributed by atoms with Crippen molar-refractivity contribution in [2.45, 2.75) is 52.5 Å². The summed E-state index contributed by atoms with van der Waals surface area (Å²) in [6.07, 6.45) is 4.80. The SMILES string of the molecule is Cc1nnc(NC2CCC(C)CC2)c(C#N)c1C. The minimum absolute atomic E-state index is 0.435. The molecule has 1 heterocycles. The van der Waals surface area contributed by atoms with Crippen molar-refractivity contribution in [3.8, 4) is 6.07 Å². The second-order valence-corrected chi connectivity index (χ2v) is 5.35. The first-order chi connectivity index (χ1) is 8.61. The van der Waals surface area contributed by atoms with Gasteiger partial charge >= 0.3 is 0 Å². The molecule has 2 rings (SSSR count). The number of anilines is 1. The van der Waals surface area contributed by atoms with E-state index < -0.39 is 0 Å². The summed E-state index contributed by atoms with van der Waals surface area (Å²) in [7, 11) is 0. The maximum Gasteiger partial charge on any atom is 0.167 e. The Labute approximate surface area is 108 Å². The van der Waals surface area contributed by atoms with Crippen LogP contribution in [0.2, 0.25) is 0 Å². The Hall–Kier alpha value is -1.63. The van der Waals surface area contributed by atoms with E-state index in [4.69, 9.17) is 0 Å². The fraction of sp³-hybridized carbons (Fsp3) is 0.643. The lowest BCUT2D eigenvalue weighted by Gasteiger charge is -2.27. The molecule has 0 aliphatic heterocycles. The highest BCUT2D eigenvalue weighted by Crippen LogP contribution is 2.27. The number of hydrogen-bond donors (Lipinski definition) is 1. The maximum atomic E-state index is 9.24. The first-order valence-corrected chi connectivity index (χ1v) is 6.62. The number of hydrogen-bond acceptors (Lipinski definition) is 4. The van der Waals surface area contributed by atoms with Crippen LogP contribution in [0.1, 0.15) is 49.4 Å². The largest absolute Gasteiger partial charge is 0.365 e. The fourth-order valence-corrected chi connectivity index (χ4v) is 2.44. The van der Waals surface area contributed by atoms with Gasteiger partial charge in [-0.2, -0.15) is 10.4 Å². The summed E-state index contributed by atoms with van der Waals surface area (Å²) in [5.74, 6) is 1.48. The third-order valence-corrected chi connectivity index (χ3v) is 3.92. The van der Waals surface area contributed by atoms with E-state index in [9.17, 15) is 5.26 Å². The van der Waals surface area contributed by atoms with Crippen LogP contribution in [0.25, 0.3) is 0 Å². The van der Waals surface area contributed by atoms with Crippen LogP contribution in [0.4, 0.5) is 5.82 Å². The van der Waals surface area contributed by atoms with Crippen LogP contribution in [-0.2, 0) is 0 Å². The zero-order valence-corrected chi connectivity index (χ0v) is 11.3. The average Bonchev–Trinajstić information content (AvgIpc) is 2.37. The van der Waals surface area contributed by atoms with Gasteiger partial charge in [-0.1, -0.05) is 6.92 Å². The Kier molecular flexibility index (Phi) is 3.81. The summed E-state index contributed by atoms with van der Waals surface area (Å²) in [5, 5.41) is 20.9. The molecule has 1 fully saturated rings. The van der Waals surface area contributed by atoms with E-state index in [2.05, 4.69) is 28.5 Å². The minimum Gasteiger partial charge on any atom is -0.365 e. The molecule has 1 aliphatic rings. The standard InChI is InChI=1S/C14H20N4/c1-9-4-6-12(7-5-9)16-14-13(8-15)10(2)11(3)17-18-14/h9,12H,4-7H2,1-3H3,(H,16,18). The van der Waals surface area contributed by atoms with Gasteiger partial charge in [0, 0.05) is 6.04 Å². The van der Waals surface area contributed by atoms with Crippen molar-refractivity contribution >= 4 is 5.82 Å². The number of aromatic nitrogens is 2. The maximum absolute atomic E-state index is 9.24. The van der Waals surface area contributed by atoms with Crippen molar-refractivity contribution < 1.29 is 0 Å². The van der Waals surface area contributed by atoms with Crippen LogP contribution in [0.15, 0.2) is 0 Å². The van der Waals surface area contributed by atoms with Gasteiger partial charge in [0.2, 0.25) is 0 Å². The van der Waals surface area contributed by atoms with Gasteiger partial charge in [0.1, 0.15) is 11.6 Å². The number of aryl methyl sites for hydroxylation is 1. The Balaban J connectivity index is 2.15. The minimum atomic E-state index is 0.435. The fourth-order valence-electron chi connectivity index (χ4n) is 2.44. The highest BCUT2D eigenvalue weighted by atomic mass is 15.2. The van der Waals surface area contributed by atoms with Crippen LogP contribution in [0.3, 0.4) is 0 Å². The number of nitrogens with zero attached hydrogens (tertiary/aromatic N) is 3. The predicted molar refractivity (Wildman–Crippen MR) is 71.3 cm³/mol. The quantitative estimate of drug-likeness (QED) is 0.868. The highest BCUT2D eigenvalue weighted by Gasteiger charge is 2.20. The van der Waals surface area contributed by atoms with Gasteiger partial charge in [0.05, 0.1) is 5.69 Å². The molecule has 1 aromatic heterocycles. The van der Waals surface area contributed by atoms with Crippen molar-refractivity contribution in [1.29, 1.82) is 5.26 Å². The molecule has 0 aromatic carbocycles. The summed E-state index contributed by atoms with van der Waals surface area (Å²) < 4.78 is 0. The summed E-state index contributed by atoms with van der Waals surface area (Å²) in [6.45, 7) is 6.11. The van der Waals surface area contributed by atoms with E-state index in [0.717, 1.165) is 30.0 Å². The molecule has 0 bridgehead atoms. The molecule has 0 unspecified atom stereocenters. The van der Waals surface area contributed by atoms with E-state index in [1.165, 1.54) is 12.8 Å². The first kappa shape index (κ1) is 12.8. The zero-order chi connectivity index (χ0) is 13.1. The molecule has 1 saturated carbocycles. The van der Waals surface area contributed by atoms with Crippen LogP contribution in [0.5, 0.6) is 0 Å². The lowest BCUT2D eigenvalue weighted by molar-refractivity contribution is 0.360. The Morgan fingerprint density at radius 2 is 1.83 bits per heavy atom. The molecule has 18 heavy (non-hydrogen) atoms. The molecule has 4 nitrogen and oxygen atoms in total. The summed E-state index contributed by atoms with van der Waals surface area (Å²) >= 11 is 0. The molecule has 0 saturated heterocycles. The molecular formula is C14H20N4. The van der Waals surface area contributed by atoms with Crippen molar-refractivity contribution in [3.63, 3.8) is 0 Å². The molecule has 96 valence electrons. The van der Waals surface area contributed by atoms with E-state index in [1.54, 1.807) is 0 Å². The molecule has 0 atom stereocenters. The van der Waals surface area contributed by atoms with Gasteiger partial charge in [-0.3, -0.25) is 0 Å². The summed E-state index contributed by atoms with van der Waals surface area (Å²) in [6, 6.07) is 2.67. The molecule has 1 aromatic rings. The van der Waals surface area contributed by atoms with Crippen LogP contribution in [-0.4, -0.2) is 16.2 Å². The van der Waals surface area contributed by atoms with Crippen molar-refractivity contribution in [1.82, 2.24) is 10.2 Å². The number of rotatable bonds is 2. The normalized spacial score (nSPS) is 23.4. The van der Waals surface area contributed by atoms with Gasteiger partial charge in [-0.05, 0) is 51.0 Å². The Bertz CT molecular complexity index is 467. The van der Waals surface area contributed by atoms with Gasteiger partial charge in [-0.25, -0.2) is 0 Å². The summed E-state index contributed by atoms with van der Waals surface area (Å²) in [5.41, 5.74) is 2.40.